The smallest absolute Gasteiger partial charge is 0.259 e. The third-order valence-corrected chi connectivity index (χ3v) is 5.24. The topological polar surface area (TPSA) is 94.2 Å². The van der Waals surface area contributed by atoms with Gasteiger partial charge < -0.3 is 14.2 Å². The first kappa shape index (κ1) is 19.0. The molecule has 3 aromatic rings. The largest absolute Gasteiger partial charge is 0.480 e. The summed E-state index contributed by atoms with van der Waals surface area (Å²) in [5, 5.41) is 4.00. The number of nitrogens with zero attached hydrogens (tertiary/aromatic N) is 5. The number of carbonyl (C=O) groups is 1. The second kappa shape index (κ2) is 7.98. The molecular weight excluding hydrogens is 370 g/mol. The van der Waals surface area contributed by atoms with Crippen LogP contribution in [0.3, 0.4) is 0 Å². The highest BCUT2D eigenvalue weighted by atomic mass is 16.5. The molecule has 4 rings (SSSR count). The molecule has 4 heterocycles. The van der Waals surface area contributed by atoms with Crippen molar-refractivity contribution in [2.75, 3.05) is 20.2 Å². The van der Waals surface area contributed by atoms with Crippen molar-refractivity contribution in [2.24, 2.45) is 5.92 Å². The van der Waals surface area contributed by atoms with Crippen LogP contribution in [0.25, 0.3) is 11.3 Å². The number of aryl methyl sites for hydroxylation is 2. The summed E-state index contributed by atoms with van der Waals surface area (Å²) in [5.74, 6) is 1.37. The van der Waals surface area contributed by atoms with Gasteiger partial charge >= 0.3 is 0 Å². The first-order valence-corrected chi connectivity index (χ1v) is 9.59. The van der Waals surface area contributed by atoms with Crippen molar-refractivity contribution in [3.05, 3.63) is 53.4 Å². The van der Waals surface area contributed by atoms with Crippen molar-refractivity contribution in [2.45, 2.75) is 26.7 Å². The van der Waals surface area contributed by atoms with E-state index in [4.69, 9.17) is 14.2 Å². The number of carbonyl (C=O) groups excluding carboxylic acids is 1. The lowest BCUT2D eigenvalue weighted by molar-refractivity contribution is 0.0783. The number of hydrogen-bond donors (Lipinski definition) is 0. The van der Waals surface area contributed by atoms with Crippen LogP contribution in [0.1, 0.15) is 33.9 Å². The van der Waals surface area contributed by atoms with Gasteiger partial charge in [0, 0.05) is 25.5 Å². The molecule has 0 radical (unpaired) electrons. The zero-order valence-corrected chi connectivity index (χ0v) is 16.8. The Labute approximate surface area is 168 Å². The summed E-state index contributed by atoms with van der Waals surface area (Å²) in [7, 11) is 1.52. The molecule has 0 N–H and O–H groups in total. The molecule has 1 amide bonds. The van der Waals surface area contributed by atoms with Crippen LogP contribution in [0, 0.1) is 19.8 Å². The van der Waals surface area contributed by atoms with Crippen molar-refractivity contribution in [1.29, 1.82) is 0 Å². The van der Waals surface area contributed by atoms with E-state index in [1.807, 2.05) is 18.7 Å². The lowest BCUT2D eigenvalue weighted by atomic mass is 10.0. The highest BCUT2D eigenvalue weighted by molar-refractivity contribution is 5.96. The van der Waals surface area contributed by atoms with Crippen LogP contribution in [-0.4, -0.2) is 51.1 Å². The molecule has 0 spiro atoms. The van der Waals surface area contributed by atoms with Crippen LogP contribution in [0.15, 0.2) is 35.2 Å². The van der Waals surface area contributed by atoms with Gasteiger partial charge in [-0.05, 0) is 44.7 Å². The van der Waals surface area contributed by atoms with Gasteiger partial charge in [0.05, 0.1) is 36.0 Å². The molecule has 0 aromatic carbocycles. The van der Waals surface area contributed by atoms with Crippen LogP contribution >= 0.6 is 0 Å². The molecule has 1 aliphatic rings. The Kier molecular flexibility index (Phi) is 5.24. The normalized spacial score (nSPS) is 16.2. The Hall–Kier alpha value is -3.29. The van der Waals surface area contributed by atoms with Crippen LogP contribution in [0.5, 0.6) is 5.88 Å². The van der Waals surface area contributed by atoms with Crippen molar-refractivity contribution in [1.82, 2.24) is 25.0 Å². The quantitative estimate of drug-likeness (QED) is 0.658. The summed E-state index contributed by atoms with van der Waals surface area (Å²) in [6, 6.07) is 3.50. The zero-order chi connectivity index (χ0) is 20.4. The Morgan fingerprint density at radius 2 is 2.21 bits per heavy atom. The minimum Gasteiger partial charge on any atom is -0.480 e. The second-order valence-electron chi connectivity index (χ2n) is 7.27. The standard InChI is InChI=1S/C21H23N5O3/c1-13-19(14(2)29-25-13)18-11-22-10-16(24-18)9-15-6-8-26(12-15)21(27)17-5-4-7-23-20(17)28-3/h4-5,7,10-11,15H,6,8-9,12H2,1-3H3/t15-/m1/s1. The Morgan fingerprint density at radius 1 is 1.34 bits per heavy atom. The molecule has 1 aliphatic heterocycles. The van der Waals surface area contributed by atoms with Crippen LogP contribution in [0.2, 0.25) is 0 Å². The van der Waals surface area contributed by atoms with Crippen molar-refractivity contribution >= 4 is 5.91 Å². The molecule has 8 nitrogen and oxygen atoms in total. The summed E-state index contributed by atoms with van der Waals surface area (Å²) >= 11 is 0. The molecule has 1 fully saturated rings. The molecule has 0 aliphatic carbocycles. The molecule has 29 heavy (non-hydrogen) atoms. The maximum Gasteiger partial charge on any atom is 0.259 e. The number of amides is 1. The first-order chi connectivity index (χ1) is 14.1. The van der Waals surface area contributed by atoms with Crippen LogP contribution < -0.4 is 4.74 Å². The average molecular weight is 393 g/mol. The minimum atomic E-state index is -0.0481. The van der Waals surface area contributed by atoms with E-state index in [0.29, 0.717) is 30.5 Å². The van der Waals surface area contributed by atoms with Gasteiger partial charge in [0.2, 0.25) is 5.88 Å². The van der Waals surface area contributed by atoms with E-state index < -0.39 is 0 Å². The number of hydrogen-bond acceptors (Lipinski definition) is 7. The number of ether oxygens (including phenoxy) is 1. The molecule has 1 saturated heterocycles. The predicted octanol–water partition coefficient (Wildman–Crippen LogP) is 2.86. The van der Waals surface area contributed by atoms with E-state index in [2.05, 4.69) is 15.1 Å². The van der Waals surface area contributed by atoms with Gasteiger partial charge in [-0.2, -0.15) is 0 Å². The van der Waals surface area contributed by atoms with Gasteiger partial charge in [0.25, 0.3) is 5.91 Å². The third-order valence-electron chi connectivity index (χ3n) is 5.24. The lowest BCUT2D eigenvalue weighted by Gasteiger charge is -2.17. The molecule has 8 heteroatoms. The summed E-state index contributed by atoms with van der Waals surface area (Å²) < 4.78 is 10.5. The second-order valence-corrected chi connectivity index (χ2v) is 7.27. The zero-order valence-electron chi connectivity index (χ0n) is 16.8. The van der Waals surface area contributed by atoms with Gasteiger partial charge in [-0.1, -0.05) is 5.16 Å². The van der Waals surface area contributed by atoms with Crippen molar-refractivity contribution < 1.29 is 14.1 Å². The van der Waals surface area contributed by atoms with Crippen molar-refractivity contribution in [3.8, 4) is 17.1 Å². The summed E-state index contributed by atoms with van der Waals surface area (Å²) in [6.07, 6.45) is 6.82. The van der Waals surface area contributed by atoms with Crippen molar-refractivity contribution in [3.63, 3.8) is 0 Å². The molecule has 150 valence electrons. The van der Waals surface area contributed by atoms with Gasteiger partial charge in [-0.15, -0.1) is 0 Å². The number of methoxy groups -OCH3 is 1. The van der Waals surface area contributed by atoms with E-state index in [-0.39, 0.29) is 5.91 Å². The fraction of sp³-hybridized carbons (Fsp3) is 0.381. The maximum absolute atomic E-state index is 12.9. The Morgan fingerprint density at radius 3 is 2.97 bits per heavy atom. The Balaban J connectivity index is 1.46. The molecule has 0 bridgehead atoms. The van der Waals surface area contributed by atoms with Gasteiger partial charge in [-0.3, -0.25) is 9.78 Å². The molecule has 0 saturated carbocycles. The van der Waals surface area contributed by atoms with Gasteiger partial charge in [-0.25, -0.2) is 9.97 Å². The van der Waals surface area contributed by atoms with Gasteiger partial charge in [0.15, 0.2) is 0 Å². The fourth-order valence-electron chi connectivity index (χ4n) is 3.84. The van der Waals surface area contributed by atoms with E-state index in [1.54, 1.807) is 30.7 Å². The van der Waals surface area contributed by atoms with E-state index in [1.165, 1.54) is 7.11 Å². The highest BCUT2D eigenvalue weighted by Crippen LogP contribution is 2.27. The number of rotatable bonds is 5. The monoisotopic (exact) mass is 393 g/mol. The number of pyridine rings is 1. The highest BCUT2D eigenvalue weighted by Gasteiger charge is 2.29. The maximum atomic E-state index is 12.9. The predicted molar refractivity (Wildman–Crippen MR) is 106 cm³/mol. The number of aromatic nitrogens is 4. The SMILES string of the molecule is COc1ncccc1C(=O)N1CC[C@H](Cc2cncc(-c3c(C)noc3C)n2)C1. The van der Waals surface area contributed by atoms with E-state index in [0.717, 1.165) is 41.2 Å². The summed E-state index contributed by atoms with van der Waals surface area (Å²) in [5.41, 5.74) is 3.87. The van der Waals surface area contributed by atoms with Gasteiger partial charge in [0.1, 0.15) is 11.3 Å². The molecular formula is C21H23N5O3. The summed E-state index contributed by atoms with van der Waals surface area (Å²) in [6.45, 7) is 5.15. The molecule has 0 unspecified atom stereocenters. The third kappa shape index (κ3) is 3.83. The van der Waals surface area contributed by atoms with Crippen LogP contribution in [-0.2, 0) is 6.42 Å². The van der Waals surface area contributed by atoms with E-state index >= 15 is 0 Å². The Bertz CT molecular complexity index is 1010. The fourth-order valence-corrected chi connectivity index (χ4v) is 3.84. The van der Waals surface area contributed by atoms with E-state index in [9.17, 15) is 4.79 Å². The minimum absolute atomic E-state index is 0.0481. The number of likely N-dealkylation sites (tertiary alicyclic amines) is 1. The van der Waals surface area contributed by atoms with Crippen LogP contribution in [0.4, 0.5) is 0 Å². The first-order valence-electron chi connectivity index (χ1n) is 9.59. The molecule has 1 atom stereocenters. The summed E-state index contributed by atoms with van der Waals surface area (Å²) in [4.78, 5) is 28.0. The average Bonchev–Trinajstić information content (AvgIpc) is 3.33. The molecule has 3 aromatic heterocycles. The lowest BCUT2D eigenvalue weighted by Crippen LogP contribution is -2.29.